The Morgan fingerprint density at radius 1 is 1.11 bits per heavy atom. The quantitative estimate of drug-likeness (QED) is 0.795. The van der Waals surface area contributed by atoms with Crippen molar-refractivity contribution in [2.75, 3.05) is 39.6 Å². The molecule has 1 fully saturated rings. The molecule has 1 amide bonds. The average molecular weight is 368 g/mol. The Labute approximate surface area is 159 Å². The fourth-order valence-corrected chi connectivity index (χ4v) is 3.42. The molecule has 2 aliphatic rings. The first-order valence-electron chi connectivity index (χ1n) is 9.36. The van der Waals surface area contributed by atoms with Crippen LogP contribution in [0.15, 0.2) is 48.5 Å². The number of rotatable bonds is 6. The predicted octanol–water partition coefficient (Wildman–Crippen LogP) is 2.61. The molecular formula is C21H24N2O4. The van der Waals surface area contributed by atoms with Gasteiger partial charge >= 0.3 is 0 Å². The monoisotopic (exact) mass is 368 g/mol. The van der Waals surface area contributed by atoms with Gasteiger partial charge in [-0.2, -0.15) is 0 Å². The van der Waals surface area contributed by atoms with Crippen LogP contribution in [-0.2, 0) is 4.74 Å². The molecule has 2 aromatic carbocycles. The summed E-state index contributed by atoms with van der Waals surface area (Å²) in [4.78, 5) is 14.7. The average Bonchev–Trinajstić information content (AvgIpc) is 3.20. The van der Waals surface area contributed by atoms with E-state index in [1.165, 1.54) is 5.56 Å². The van der Waals surface area contributed by atoms with Crippen LogP contribution in [-0.4, -0.2) is 50.4 Å². The van der Waals surface area contributed by atoms with Crippen LogP contribution in [0.4, 0.5) is 0 Å². The zero-order chi connectivity index (χ0) is 18.5. The van der Waals surface area contributed by atoms with Crippen LogP contribution >= 0.6 is 0 Å². The van der Waals surface area contributed by atoms with E-state index in [-0.39, 0.29) is 18.8 Å². The maximum Gasteiger partial charge on any atom is 0.251 e. The highest BCUT2D eigenvalue weighted by Crippen LogP contribution is 2.32. The molecule has 0 aliphatic carbocycles. The fourth-order valence-electron chi connectivity index (χ4n) is 3.42. The Kier molecular flexibility index (Phi) is 5.55. The summed E-state index contributed by atoms with van der Waals surface area (Å²) in [5.74, 6) is 1.23. The summed E-state index contributed by atoms with van der Waals surface area (Å²) in [5, 5.41) is 2.98. The van der Waals surface area contributed by atoms with Gasteiger partial charge in [0.1, 0.15) is 0 Å². The summed E-state index contributed by atoms with van der Waals surface area (Å²) in [6, 6.07) is 15.6. The van der Waals surface area contributed by atoms with Crippen molar-refractivity contribution in [1.82, 2.24) is 10.2 Å². The molecule has 142 valence electrons. The lowest BCUT2D eigenvalue weighted by Crippen LogP contribution is -2.39. The maximum absolute atomic E-state index is 12.3. The Hall–Kier alpha value is -2.57. The van der Waals surface area contributed by atoms with Crippen LogP contribution in [0.2, 0.25) is 0 Å². The highest BCUT2D eigenvalue weighted by molar-refractivity contribution is 5.94. The Balaban J connectivity index is 1.21. The third-order valence-electron chi connectivity index (χ3n) is 4.89. The minimum Gasteiger partial charge on any atom is -0.454 e. The topological polar surface area (TPSA) is 60.0 Å². The molecule has 1 N–H and O–H groups in total. The van der Waals surface area contributed by atoms with Crippen molar-refractivity contribution < 1.29 is 19.0 Å². The molecule has 2 aliphatic heterocycles. The van der Waals surface area contributed by atoms with Gasteiger partial charge < -0.3 is 19.5 Å². The lowest BCUT2D eigenvalue weighted by molar-refractivity contribution is -0.0301. The molecule has 6 nitrogen and oxygen atoms in total. The first kappa shape index (κ1) is 17.8. The van der Waals surface area contributed by atoms with E-state index in [9.17, 15) is 4.79 Å². The van der Waals surface area contributed by atoms with E-state index in [1.807, 2.05) is 18.2 Å². The van der Waals surface area contributed by atoms with Crippen LogP contribution in [0.25, 0.3) is 0 Å². The van der Waals surface area contributed by atoms with Crippen LogP contribution in [0.1, 0.15) is 28.4 Å². The number of nitrogens with one attached hydrogen (secondary N) is 1. The van der Waals surface area contributed by atoms with Gasteiger partial charge in [-0.15, -0.1) is 0 Å². The van der Waals surface area contributed by atoms with Gasteiger partial charge in [0.05, 0.1) is 12.7 Å². The summed E-state index contributed by atoms with van der Waals surface area (Å²) in [7, 11) is 0. The molecule has 0 radical (unpaired) electrons. The highest BCUT2D eigenvalue weighted by atomic mass is 16.7. The summed E-state index contributed by atoms with van der Waals surface area (Å²) in [6.45, 7) is 4.35. The smallest absolute Gasteiger partial charge is 0.251 e. The number of carbonyl (C=O) groups is 1. The summed E-state index contributed by atoms with van der Waals surface area (Å²) >= 11 is 0. The van der Waals surface area contributed by atoms with Crippen LogP contribution < -0.4 is 14.8 Å². The Morgan fingerprint density at radius 3 is 2.85 bits per heavy atom. The molecule has 2 heterocycles. The number of morpholine rings is 1. The van der Waals surface area contributed by atoms with Gasteiger partial charge in [-0.1, -0.05) is 30.3 Å². The number of nitrogens with zero attached hydrogens (tertiary/aromatic N) is 1. The van der Waals surface area contributed by atoms with Crippen LogP contribution in [0.3, 0.4) is 0 Å². The lowest BCUT2D eigenvalue weighted by Gasteiger charge is -2.33. The summed E-state index contributed by atoms with van der Waals surface area (Å²) in [5.41, 5.74) is 1.81. The third kappa shape index (κ3) is 4.40. The summed E-state index contributed by atoms with van der Waals surface area (Å²) < 4.78 is 16.5. The molecule has 0 saturated carbocycles. The summed E-state index contributed by atoms with van der Waals surface area (Å²) in [6.07, 6.45) is 1.03. The van der Waals surface area contributed by atoms with Gasteiger partial charge in [-0.25, -0.2) is 0 Å². The van der Waals surface area contributed by atoms with Crippen LogP contribution in [0.5, 0.6) is 11.5 Å². The van der Waals surface area contributed by atoms with Crippen molar-refractivity contribution in [1.29, 1.82) is 0 Å². The van der Waals surface area contributed by atoms with Gasteiger partial charge in [0.15, 0.2) is 11.5 Å². The Morgan fingerprint density at radius 2 is 1.96 bits per heavy atom. The Bertz CT molecular complexity index is 781. The van der Waals surface area contributed by atoms with E-state index in [0.29, 0.717) is 23.6 Å². The molecular weight excluding hydrogens is 344 g/mol. The van der Waals surface area contributed by atoms with E-state index in [4.69, 9.17) is 14.2 Å². The van der Waals surface area contributed by atoms with E-state index >= 15 is 0 Å². The van der Waals surface area contributed by atoms with Gasteiger partial charge in [-0.05, 0) is 30.2 Å². The number of amides is 1. The standard InChI is InChI=1S/C21H24N2O4/c24-21(17-7-8-18-19(13-17)27-15-26-18)22-9-4-10-23-11-12-25-20(14-23)16-5-2-1-3-6-16/h1-3,5-8,13,20H,4,9-12,14-15H2,(H,22,24)/t20-/m0/s1. The van der Waals surface area contributed by atoms with Crippen molar-refractivity contribution in [3.05, 3.63) is 59.7 Å². The van der Waals surface area contributed by atoms with Crippen molar-refractivity contribution >= 4 is 5.91 Å². The number of fused-ring (bicyclic) bond motifs is 1. The van der Waals surface area contributed by atoms with Gasteiger partial charge in [0.25, 0.3) is 5.91 Å². The van der Waals surface area contributed by atoms with Crippen molar-refractivity contribution in [2.24, 2.45) is 0 Å². The zero-order valence-corrected chi connectivity index (χ0v) is 15.2. The predicted molar refractivity (Wildman–Crippen MR) is 101 cm³/mol. The molecule has 0 bridgehead atoms. The molecule has 1 saturated heterocycles. The van der Waals surface area contributed by atoms with Gasteiger partial charge in [-0.3, -0.25) is 9.69 Å². The molecule has 0 spiro atoms. The van der Waals surface area contributed by atoms with E-state index in [1.54, 1.807) is 18.2 Å². The first-order valence-corrected chi connectivity index (χ1v) is 9.36. The second kappa shape index (κ2) is 8.41. The molecule has 4 rings (SSSR count). The minimum atomic E-state index is -0.0857. The lowest BCUT2D eigenvalue weighted by atomic mass is 10.1. The van der Waals surface area contributed by atoms with Gasteiger partial charge in [0.2, 0.25) is 6.79 Å². The number of hydrogen-bond donors (Lipinski definition) is 1. The molecule has 6 heteroatoms. The molecule has 0 unspecified atom stereocenters. The maximum atomic E-state index is 12.3. The fraction of sp³-hybridized carbons (Fsp3) is 0.381. The number of ether oxygens (including phenoxy) is 3. The second-order valence-electron chi connectivity index (χ2n) is 6.75. The van der Waals surface area contributed by atoms with Crippen molar-refractivity contribution in [3.8, 4) is 11.5 Å². The third-order valence-corrected chi connectivity index (χ3v) is 4.89. The zero-order valence-electron chi connectivity index (χ0n) is 15.2. The number of carbonyl (C=O) groups excluding carboxylic acids is 1. The normalized spacial score (nSPS) is 19.0. The van der Waals surface area contributed by atoms with Crippen LogP contribution in [0, 0.1) is 0 Å². The number of hydrogen-bond acceptors (Lipinski definition) is 5. The largest absolute Gasteiger partial charge is 0.454 e. The van der Waals surface area contributed by atoms with Crippen molar-refractivity contribution in [2.45, 2.75) is 12.5 Å². The van der Waals surface area contributed by atoms with Gasteiger partial charge in [0, 0.05) is 31.7 Å². The van der Waals surface area contributed by atoms with E-state index in [2.05, 4.69) is 22.3 Å². The van der Waals surface area contributed by atoms with E-state index in [0.717, 1.165) is 32.7 Å². The molecule has 27 heavy (non-hydrogen) atoms. The molecule has 2 aromatic rings. The second-order valence-corrected chi connectivity index (χ2v) is 6.75. The van der Waals surface area contributed by atoms with Crippen molar-refractivity contribution in [3.63, 3.8) is 0 Å². The minimum absolute atomic E-state index is 0.0857. The molecule has 1 atom stereocenters. The van der Waals surface area contributed by atoms with E-state index < -0.39 is 0 Å². The first-order chi connectivity index (χ1) is 13.3. The highest BCUT2D eigenvalue weighted by Gasteiger charge is 2.21. The number of benzene rings is 2. The SMILES string of the molecule is O=C(NCCCN1CCO[C@H](c2ccccc2)C1)c1ccc2c(c1)OCO2. The molecule has 0 aromatic heterocycles.